The highest BCUT2D eigenvalue weighted by atomic mass is 127. The lowest BCUT2D eigenvalue weighted by atomic mass is 10.0. The van der Waals surface area contributed by atoms with Crippen molar-refractivity contribution in [2.45, 2.75) is 64.3 Å². The second-order valence-corrected chi connectivity index (χ2v) is 7.28. The van der Waals surface area contributed by atoms with Crippen LogP contribution in [0, 0.1) is 3.57 Å². The van der Waals surface area contributed by atoms with Gasteiger partial charge in [0.25, 0.3) is 0 Å². The summed E-state index contributed by atoms with van der Waals surface area (Å²) in [5.41, 5.74) is 7.54. The van der Waals surface area contributed by atoms with Gasteiger partial charge >= 0.3 is 0 Å². The third-order valence-corrected chi connectivity index (χ3v) is 4.87. The summed E-state index contributed by atoms with van der Waals surface area (Å²) < 4.78 is 2.40. The van der Waals surface area contributed by atoms with Crippen LogP contribution in [0.5, 0.6) is 0 Å². The third kappa shape index (κ3) is 7.09. The topological polar surface area (TPSA) is 26.0 Å². The summed E-state index contributed by atoms with van der Waals surface area (Å²) >= 11 is 5.94. The van der Waals surface area contributed by atoms with E-state index in [0.717, 1.165) is 10.9 Å². The molecule has 1 rings (SSSR count). The number of hydrogen-bond acceptors (Lipinski definition) is 1. The zero-order chi connectivity index (χ0) is 14.1. The summed E-state index contributed by atoms with van der Waals surface area (Å²) in [5, 5.41) is 0. The molecule has 1 nitrogen and oxygen atoms in total. The van der Waals surface area contributed by atoms with Crippen LogP contribution in [0.1, 0.15) is 69.9 Å². The molecule has 0 heterocycles. The maximum Gasteiger partial charge on any atom is 0.0306 e. The minimum Gasteiger partial charge on any atom is -0.324 e. The Labute approximate surface area is 140 Å². The van der Waals surface area contributed by atoms with E-state index in [1.165, 1.54) is 54.1 Å². The van der Waals surface area contributed by atoms with Crippen LogP contribution in [0.3, 0.4) is 0 Å². The Morgan fingerprint density at radius 3 is 2.42 bits per heavy atom. The lowest BCUT2D eigenvalue weighted by molar-refractivity contribution is 0.540. The molecule has 0 bridgehead atoms. The monoisotopic (exact) mass is 437 g/mol. The van der Waals surface area contributed by atoms with Gasteiger partial charge in [0, 0.05) is 14.1 Å². The maximum atomic E-state index is 6.29. The predicted octanol–water partition coefficient (Wildman–Crippen LogP) is 6.19. The zero-order valence-corrected chi connectivity index (χ0v) is 15.5. The van der Waals surface area contributed by atoms with Gasteiger partial charge in [0.15, 0.2) is 0 Å². The number of rotatable bonds is 9. The smallest absolute Gasteiger partial charge is 0.0306 e. The molecule has 0 radical (unpaired) electrons. The van der Waals surface area contributed by atoms with E-state index in [0.29, 0.717) is 0 Å². The van der Waals surface area contributed by atoms with E-state index in [9.17, 15) is 0 Å². The molecule has 0 aliphatic carbocycles. The molecular formula is C16H25BrIN. The zero-order valence-electron chi connectivity index (χ0n) is 11.8. The SMILES string of the molecule is CCCCCCCCCC(N)c1cc(I)ccc1Br. The van der Waals surface area contributed by atoms with Gasteiger partial charge in [-0.15, -0.1) is 0 Å². The molecule has 1 unspecified atom stereocenters. The molecule has 0 saturated carbocycles. The molecule has 0 fully saturated rings. The quantitative estimate of drug-likeness (QED) is 0.361. The van der Waals surface area contributed by atoms with Gasteiger partial charge < -0.3 is 5.73 Å². The molecule has 1 aromatic carbocycles. The standard InChI is InChI=1S/C16H25BrIN/c1-2-3-4-5-6-7-8-9-16(19)14-12-13(18)10-11-15(14)17/h10-12,16H,2-9,19H2,1H3. The van der Waals surface area contributed by atoms with E-state index in [1.807, 2.05) is 0 Å². The van der Waals surface area contributed by atoms with Crippen molar-refractivity contribution in [3.63, 3.8) is 0 Å². The normalized spacial score (nSPS) is 12.6. The molecule has 1 aromatic rings. The molecule has 0 saturated heterocycles. The van der Waals surface area contributed by atoms with Crippen LogP contribution in [0.4, 0.5) is 0 Å². The second kappa shape index (κ2) is 10.2. The van der Waals surface area contributed by atoms with E-state index in [-0.39, 0.29) is 6.04 Å². The molecule has 0 aliphatic heterocycles. The Morgan fingerprint density at radius 2 is 1.74 bits per heavy atom. The first-order chi connectivity index (χ1) is 9.15. The van der Waals surface area contributed by atoms with Crippen molar-refractivity contribution >= 4 is 38.5 Å². The number of benzene rings is 1. The summed E-state index contributed by atoms with van der Waals surface area (Å²) in [6, 6.07) is 6.56. The summed E-state index contributed by atoms with van der Waals surface area (Å²) in [7, 11) is 0. The fourth-order valence-corrected chi connectivity index (χ4v) is 3.33. The second-order valence-electron chi connectivity index (χ2n) is 5.18. The van der Waals surface area contributed by atoms with Crippen LogP contribution in [-0.4, -0.2) is 0 Å². The first-order valence-electron chi connectivity index (χ1n) is 7.35. The van der Waals surface area contributed by atoms with E-state index < -0.39 is 0 Å². The van der Waals surface area contributed by atoms with Gasteiger partial charge in [0.2, 0.25) is 0 Å². The summed E-state index contributed by atoms with van der Waals surface area (Å²) in [6.45, 7) is 2.26. The molecule has 1 atom stereocenters. The van der Waals surface area contributed by atoms with Gasteiger partial charge in [-0.2, -0.15) is 0 Å². The van der Waals surface area contributed by atoms with Gasteiger partial charge in [0.1, 0.15) is 0 Å². The van der Waals surface area contributed by atoms with Crippen molar-refractivity contribution in [1.29, 1.82) is 0 Å². The van der Waals surface area contributed by atoms with Gasteiger partial charge in [-0.25, -0.2) is 0 Å². The molecule has 0 spiro atoms. The highest BCUT2D eigenvalue weighted by Crippen LogP contribution is 2.27. The minimum atomic E-state index is 0.166. The Bertz CT molecular complexity index is 368. The van der Waals surface area contributed by atoms with Crippen LogP contribution in [-0.2, 0) is 0 Å². The maximum absolute atomic E-state index is 6.29. The third-order valence-electron chi connectivity index (χ3n) is 3.48. The van der Waals surface area contributed by atoms with Crippen LogP contribution < -0.4 is 5.73 Å². The predicted molar refractivity (Wildman–Crippen MR) is 96.4 cm³/mol. The molecule has 0 aliphatic rings. The summed E-state index contributed by atoms with van der Waals surface area (Å²) in [6.07, 6.45) is 10.5. The van der Waals surface area contributed by atoms with Crippen LogP contribution >= 0.6 is 38.5 Å². The largest absolute Gasteiger partial charge is 0.324 e. The lowest BCUT2D eigenvalue weighted by Gasteiger charge is -2.14. The van der Waals surface area contributed by atoms with Crippen LogP contribution in [0.2, 0.25) is 0 Å². The van der Waals surface area contributed by atoms with Crippen LogP contribution in [0.25, 0.3) is 0 Å². The summed E-state index contributed by atoms with van der Waals surface area (Å²) in [5.74, 6) is 0. The van der Waals surface area contributed by atoms with Crippen molar-refractivity contribution in [3.8, 4) is 0 Å². The Balaban J connectivity index is 2.23. The van der Waals surface area contributed by atoms with E-state index in [4.69, 9.17) is 5.73 Å². The highest BCUT2D eigenvalue weighted by Gasteiger charge is 2.09. The number of nitrogens with two attached hydrogens (primary N) is 1. The van der Waals surface area contributed by atoms with Crippen molar-refractivity contribution in [3.05, 3.63) is 31.8 Å². The molecule has 108 valence electrons. The molecule has 3 heteroatoms. The highest BCUT2D eigenvalue weighted by molar-refractivity contribution is 14.1. The van der Waals surface area contributed by atoms with E-state index >= 15 is 0 Å². The van der Waals surface area contributed by atoms with Gasteiger partial charge in [-0.1, -0.05) is 67.8 Å². The Hall–Kier alpha value is 0.390. The average Bonchev–Trinajstić information content (AvgIpc) is 2.40. The van der Waals surface area contributed by atoms with Crippen molar-refractivity contribution < 1.29 is 0 Å². The van der Waals surface area contributed by atoms with Crippen molar-refractivity contribution in [2.24, 2.45) is 5.73 Å². The van der Waals surface area contributed by atoms with E-state index in [2.05, 4.69) is 63.6 Å². The fraction of sp³-hybridized carbons (Fsp3) is 0.625. The number of halogens is 2. The minimum absolute atomic E-state index is 0.166. The molecule has 0 aromatic heterocycles. The van der Waals surface area contributed by atoms with Gasteiger partial charge in [-0.05, 0) is 52.8 Å². The fourth-order valence-electron chi connectivity index (χ4n) is 2.28. The molecule has 19 heavy (non-hydrogen) atoms. The van der Waals surface area contributed by atoms with Crippen molar-refractivity contribution in [2.75, 3.05) is 0 Å². The number of hydrogen-bond donors (Lipinski definition) is 1. The molecule has 2 N–H and O–H groups in total. The number of unbranched alkanes of at least 4 members (excludes halogenated alkanes) is 6. The average molecular weight is 438 g/mol. The molecule has 0 amide bonds. The first-order valence-corrected chi connectivity index (χ1v) is 9.23. The summed E-state index contributed by atoms with van der Waals surface area (Å²) in [4.78, 5) is 0. The first kappa shape index (κ1) is 17.4. The lowest BCUT2D eigenvalue weighted by Crippen LogP contribution is -2.11. The van der Waals surface area contributed by atoms with Gasteiger partial charge in [-0.3, -0.25) is 0 Å². The van der Waals surface area contributed by atoms with Crippen molar-refractivity contribution in [1.82, 2.24) is 0 Å². The Kier molecular flexibility index (Phi) is 9.33. The van der Waals surface area contributed by atoms with E-state index in [1.54, 1.807) is 0 Å². The van der Waals surface area contributed by atoms with Gasteiger partial charge in [0.05, 0.1) is 0 Å². The Morgan fingerprint density at radius 1 is 1.11 bits per heavy atom. The van der Waals surface area contributed by atoms with Crippen LogP contribution in [0.15, 0.2) is 22.7 Å². The molecular weight excluding hydrogens is 413 g/mol.